The number of hydrogen-bond donors (Lipinski definition) is 1. The second-order valence-electron chi connectivity index (χ2n) is 4.51. The highest BCUT2D eigenvalue weighted by atomic mass is 79.9. The van der Waals surface area contributed by atoms with E-state index in [-0.39, 0.29) is 10.6 Å². The van der Waals surface area contributed by atoms with E-state index in [1.54, 1.807) is 19.9 Å². The molecule has 0 aliphatic rings. The van der Waals surface area contributed by atoms with Crippen molar-refractivity contribution in [3.63, 3.8) is 0 Å². The summed E-state index contributed by atoms with van der Waals surface area (Å²) in [7, 11) is 1.47. The first-order chi connectivity index (χ1) is 7.65. The summed E-state index contributed by atoms with van der Waals surface area (Å²) < 4.78 is 19.7. The van der Waals surface area contributed by atoms with Crippen LogP contribution in [0.2, 0.25) is 5.02 Å². The Kier molecular flexibility index (Phi) is 4.24. The van der Waals surface area contributed by atoms with Crippen LogP contribution in [0, 0.1) is 5.82 Å². The second-order valence-corrected chi connectivity index (χ2v) is 5.74. The molecule has 0 spiro atoms. The normalized spacial score (nSPS) is 15.8. The molecule has 1 aromatic rings. The van der Waals surface area contributed by atoms with Gasteiger partial charge in [0.25, 0.3) is 0 Å². The summed E-state index contributed by atoms with van der Waals surface area (Å²) in [6.07, 6.45) is 0. The van der Waals surface area contributed by atoms with Crippen molar-refractivity contribution >= 4 is 27.5 Å². The fraction of sp³-hybridized carbons (Fsp3) is 0.500. The van der Waals surface area contributed by atoms with Crippen molar-refractivity contribution in [2.45, 2.75) is 32.0 Å². The summed E-state index contributed by atoms with van der Waals surface area (Å²) in [5, 5.41) is 10.4. The van der Waals surface area contributed by atoms with Crippen LogP contribution in [0.15, 0.2) is 16.6 Å². The number of methoxy groups -OCH3 is 1. The lowest BCUT2D eigenvalue weighted by molar-refractivity contribution is -0.147. The average Bonchev–Trinajstić information content (AvgIpc) is 2.25. The van der Waals surface area contributed by atoms with Gasteiger partial charge in [0.15, 0.2) is 0 Å². The number of ether oxygens (including phenoxy) is 1. The largest absolute Gasteiger partial charge is 0.382 e. The van der Waals surface area contributed by atoms with Crippen LogP contribution in [0.1, 0.15) is 26.3 Å². The first-order valence-electron chi connectivity index (χ1n) is 5.06. The van der Waals surface area contributed by atoms with E-state index in [9.17, 15) is 9.50 Å². The molecule has 0 amide bonds. The molecule has 0 saturated carbocycles. The number of rotatable bonds is 3. The zero-order chi connectivity index (χ0) is 13.4. The zero-order valence-corrected chi connectivity index (χ0v) is 12.5. The van der Waals surface area contributed by atoms with Gasteiger partial charge in [0.1, 0.15) is 11.4 Å². The van der Waals surface area contributed by atoms with Crippen LogP contribution in [0.25, 0.3) is 0 Å². The molecular formula is C12H15BrClFO2. The van der Waals surface area contributed by atoms with E-state index in [0.717, 1.165) is 0 Å². The molecule has 0 aromatic heterocycles. The monoisotopic (exact) mass is 324 g/mol. The van der Waals surface area contributed by atoms with E-state index >= 15 is 0 Å². The van der Waals surface area contributed by atoms with Crippen molar-refractivity contribution in [1.82, 2.24) is 0 Å². The first kappa shape index (κ1) is 14.9. The van der Waals surface area contributed by atoms with Gasteiger partial charge in [-0.05, 0) is 42.8 Å². The Labute approximate surface area is 114 Å². The molecule has 0 fully saturated rings. The van der Waals surface area contributed by atoms with Crippen molar-refractivity contribution in [3.8, 4) is 0 Å². The van der Waals surface area contributed by atoms with Crippen LogP contribution in [-0.4, -0.2) is 17.8 Å². The summed E-state index contributed by atoms with van der Waals surface area (Å²) in [5.41, 5.74) is -2.32. The molecule has 17 heavy (non-hydrogen) atoms. The highest BCUT2D eigenvalue weighted by Gasteiger charge is 2.43. The van der Waals surface area contributed by atoms with Gasteiger partial charge in [-0.25, -0.2) is 4.39 Å². The molecule has 0 heterocycles. The molecule has 0 aliphatic carbocycles. The minimum absolute atomic E-state index is 0.0466. The summed E-state index contributed by atoms with van der Waals surface area (Å²) in [6.45, 7) is 4.87. The van der Waals surface area contributed by atoms with Gasteiger partial charge in [0.05, 0.1) is 10.6 Å². The molecule has 5 heteroatoms. The smallest absolute Gasteiger partial charge is 0.149 e. The number of aliphatic hydroxyl groups is 1. The van der Waals surface area contributed by atoms with Gasteiger partial charge in [-0.15, -0.1) is 0 Å². The van der Waals surface area contributed by atoms with Crippen LogP contribution in [0.3, 0.4) is 0 Å². The van der Waals surface area contributed by atoms with E-state index in [0.29, 0.717) is 4.47 Å². The summed E-state index contributed by atoms with van der Waals surface area (Å²) in [6, 6.07) is 3.09. The van der Waals surface area contributed by atoms with Crippen molar-refractivity contribution in [1.29, 1.82) is 0 Å². The molecule has 1 aromatic carbocycles. The Morgan fingerprint density at radius 3 is 2.35 bits per heavy atom. The summed E-state index contributed by atoms with van der Waals surface area (Å²) in [5.74, 6) is -0.642. The molecule has 96 valence electrons. The first-order valence-corrected chi connectivity index (χ1v) is 6.23. The van der Waals surface area contributed by atoms with Crippen molar-refractivity contribution in [2.24, 2.45) is 0 Å². The quantitative estimate of drug-likeness (QED) is 0.855. The van der Waals surface area contributed by atoms with E-state index < -0.39 is 17.0 Å². The minimum atomic E-state index is -1.49. The van der Waals surface area contributed by atoms with E-state index in [2.05, 4.69) is 15.9 Å². The molecule has 0 bridgehead atoms. The molecule has 1 atom stereocenters. The topological polar surface area (TPSA) is 29.5 Å². The van der Waals surface area contributed by atoms with E-state index in [4.69, 9.17) is 16.3 Å². The third-order valence-corrected chi connectivity index (χ3v) is 4.50. The summed E-state index contributed by atoms with van der Waals surface area (Å²) >= 11 is 8.94. The van der Waals surface area contributed by atoms with Crippen molar-refractivity contribution < 1.29 is 14.2 Å². The lowest BCUT2D eigenvalue weighted by Gasteiger charge is -2.39. The third kappa shape index (κ3) is 2.50. The van der Waals surface area contributed by atoms with Gasteiger partial charge >= 0.3 is 0 Å². The van der Waals surface area contributed by atoms with Gasteiger partial charge < -0.3 is 9.84 Å². The van der Waals surface area contributed by atoms with Gasteiger partial charge in [0.2, 0.25) is 0 Å². The SMILES string of the molecule is COC(C)(C)C(C)(O)c1ccc(Br)c(Cl)c1F. The fourth-order valence-electron chi connectivity index (χ4n) is 1.42. The molecule has 0 radical (unpaired) electrons. The van der Waals surface area contributed by atoms with Gasteiger partial charge in [0, 0.05) is 17.1 Å². The van der Waals surface area contributed by atoms with Crippen molar-refractivity contribution in [3.05, 3.63) is 33.0 Å². The van der Waals surface area contributed by atoms with Gasteiger partial charge in [-0.2, -0.15) is 0 Å². The van der Waals surface area contributed by atoms with Gasteiger partial charge in [-0.1, -0.05) is 17.7 Å². The standard InChI is InChI=1S/C12H15BrClFO2/c1-11(2,17-4)12(3,16)7-5-6-8(13)9(14)10(7)15/h5-6,16H,1-4H3. The molecule has 1 rings (SSSR count). The molecule has 0 saturated heterocycles. The predicted octanol–water partition coefficient (Wildman–Crippen LogP) is 3.87. The Morgan fingerprint density at radius 1 is 1.35 bits per heavy atom. The Morgan fingerprint density at radius 2 is 1.88 bits per heavy atom. The zero-order valence-electron chi connectivity index (χ0n) is 10.1. The lowest BCUT2D eigenvalue weighted by Crippen LogP contribution is -2.47. The van der Waals surface area contributed by atoms with Crippen LogP contribution < -0.4 is 0 Å². The molecule has 0 aliphatic heterocycles. The van der Waals surface area contributed by atoms with Crippen LogP contribution in [-0.2, 0) is 10.3 Å². The Balaban J connectivity index is 3.39. The Bertz CT molecular complexity index is 433. The molecule has 2 nitrogen and oxygen atoms in total. The van der Waals surface area contributed by atoms with Crippen LogP contribution >= 0.6 is 27.5 Å². The maximum atomic E-state index is 14.0. The predicted molar refractivity (Wildman–Crippen MR) is 69.8 cm³/mol. The van der Waals surface area contributed by atoms with Crippen molar-refractivity contribution in [2.75, 3.05) is 7.11 Å². The summed E-state index contributed by atoms with van der Waals surface area (Å²) in [4.78, 5) is 0. The highest BCUT2D eigenvalue weighted by Crippen LogP contribution is 2.39. The highest BCUT2D eigenvalue weighted by molar-refractivity contribution is 9.10. The number of benzene rings is 1. The average molecular weight is 326 g/mol. The second kappa shape index (κ2) is 4.84. The molecular weight excluding hydrogens is 310 g/mol. The van der Waals surface area contributed by atoms with Gasteiger partial charge in [-0.3, -0.25) is 0 Å². The maximum Gasteiger partial charge on any atom is 0.149 e. The lowest BCUT2D eigenvalue weighted by atomic mass is 9.81. The third-order valence-electron chi connectivity index (χ3n) is 3.24. The fourth-order valence-corrected chi connectivity index (χ4v) is 1.90. The van der Waals surface area contributed by atoms with Crippen LogP contribution in [0.4, 0.5) is 4.39 Å². The maximum absolute atomic E-state index is 14.0. The van der Waals surface area contributed by atoms with E-state index in [1.165, 1.54) is 20.1 Å². The molecule has 1 N–H and O–H groups in total. The number of hydrogen-bond acceptors (Lipinski definition) is 2. The molecule has 1 unspecified atom stereocenters. The minimum Gasteiger partial charge on any atom is -0.382 e. The van der Waals surface area contributed by atoms with Crippen LogP contribution in [0.5, 0.6) is 0 Å². The van der Waals surface area contributed by atoms with E-state index in [1.807, 2.05) is 0 Å². The Hall–Kier alpha value is -0.160. The number of halogens is 3.